The Kier molecular flexibility index (Phi) is 5.36. The summed E-state index contributed by atoms with van der Waals surface area (Å²) in [5.74, 6) is -0.652. The van der Waals surface area contributed by atoms with E-state index in [1.807, 2.05) is 32.0 Å². The van der Waals surface area contributed by atoms with E-state index in [-0.39, 0.29) is 24.4 Å². The average Bonchev–Trinajstić information content (AvgIpc) is 2.77. The van der Waals surface area contributed by atoms with Gasteiger partial charge in [-0.15, -0.1) is 0 Å². The number of nitrogens with one attached hydrogen (secondary N) is 1. The zero-order valence-corrected chi connectivity index (χ0v) is 13.8. The molecule has 124 valence electrons. The zero-order chi connectivity index (χ0) is 17.0. The van der Waals surface area contributed by atoms with Gasteiger partial charge < -0.3 is 5.32 Å². The fourth-order valence-electron chi connectivity index (χ4n) is 2.70. The molecule has 1 atom stereocenters. The minimum atomic E-state index is -0.606. The number of rotatable bonds is 6. The molecule has 0 radical (unpaired) electrons. The third-order valence-electron chi connectivity index (χ3n) is 4.13. The van der Waals surface area contributed by atoms with Crippen LogP contribution in [0.5, 0.6) is 0 Å². The first-order valence-corrected chi connectivity index (χ1v) is 7.98. The summed E-state index contributed by atoms with van der Waals surface area (Å²) in [6.07, 6.45) is 1.63. The van der Waals surface area contributed by atoms with Gasteiger partial charge in [0.05, 0.1) is 0 Å². The van der Waals surface area contributed by atoms with Gasteiger partial charge in [-0.1, -0.05) is 32.0 Å². The predicted octanol–water partition coefficient (Wildman–Crippen LogP) is 2.15. The number of urea groups is 1. The highest BCUT2D eigenvalue weighted by atomic mass is 16.2. The topological polar surface area (TPSA) is 69.7 Å². The standard InChI is InChI=1S/C17H23N3O3/c1-4-13(5-2)18-15(21)11-19-16(22)12(3)20(17(19)23)14-9-7-6-8-10-14/h6-10,12-13H,4-5,11H2,1-3H3,(H,18,21). The molecule has 0 bridgehead atoms. The molecule has 0 aliphatic carbocycles. The number of imide groups is 1. The van der Waals surface area contributed by atoms with Crippen molar-refractivity contribution in [1.29, 1.82) is 0 Å². The van der Waals surface area contributed by atoms with E-state index >= 15 is 0 Å². The minimum Gasteiger partial charge on any atom is -0.352 e. The second-order valence-corrected chi connectivity index (χ2v) is 5.67. The Balaban J connectivity index is 2.10. The van der Waals surface area contributed by atoms with Crippen LogP contribution in [0.2, 0.25) is 0 Å². The Labute approximate surface area is 136 Å². The second-order valence-electron chi connectivity index (χ2n) is 5.67. The molecular formula is C17H23N3O3. The van der Waals surface area contributed by atoms with Crippen LogP contribution < -0.4 is 10.2 Å². The van der Waals surface area contributed by atoms with E-state index in [0.29, 0.717) is 5.69 Å². The molecule has 6 heteroatoms. The summed E-state index contributed by atoms with van der Waals surface area (Å²) in [6.45, 7) is 5.41. The van der Waals surface area contributed by atoms with Crippen molar-refractivity contribution in [3.63, 3.8) is 0 Å². The Morgan fingerprint density at radius 1 is 1.17 bits per heavy atom. The summed E-state index contributed by atoms with van der Waals surface area (Å²) in [5, 5.41) is 2.85. The van der Waals surface area contributed by atoms with Gasteiger partial charge in [0.2, 0.25) is 5.91 Å². The van der Waals surface area contributed by atoms with Crippen molar-refractivity contribution in [3.05, 3.63) is 30.3 Å². The fraction of sp³-hybridized carbons (Fsp3) is 0.471. The van der Waals surface area contributed by atoms with Gasteiger partial charge in [-0.2, -0.15) is 0 Å². The molecule has 6 nitrogen and oxygen atoms in total. The van der Waals surface area contributed by atoms with Crippen LogP contribution >= 0.6 is 0 Å². The predicted molar refractivity (Wildman–Crippen MR) is 88.0 cm³/mol. The molecule has 1 unspecified atom stereocenters. The fourth-order valence-corrected chi connectivity index (χ4v) is 2.70. The maximum atomic E-state index is 12.5. The number of carbonyl (C=O) groups excluding carboxylic acids is 3. The Bertz CT molecular complexity index is 584. The first-order chi connectivity index (χ1) is 11.0. The van der Waals surface area contributed by atoms with Crippen molar-refractivity contribution >= 4 is 23.5 Å². The van der Waals surface area contributed by atoms with Gasteiger partial charge >= 0.3 is 6.03 Å². The highest BCUT2D eigenvalue weighted by Gasteiger charge is 2.44. The molecular weight excluding hydrogens is 294 g/mol. The van der Waals surface area contributed by atoms with Crippen LogP contribution in [0.3, 0.4) is 0 Å². The molecule has 1 aromatic carbocycles. The van der Waals surface area contributed by atoms with Gasteiger partial charge in [0, 0.05) is 11.7 Å². The minimum absolute atomic E-state index is 0.0676. The van der Waals surface area contributed by atoms with E-state index < -0.39 is 12.1 Å². The van der Waals surface area contributed by atoms with Crippen molar-refractivity contribution < 1.29 is 14.4 Å². The van der Waals surface area contributed by atoms with Crippen LogP contribution in [0.15, 0.2) is 30.3 Å². The van der Waals surface area contributed by atoms with E-state index in [1.54, 1.807) is 19.1 Å². The Morgan fingerprint density at radius 2 is 1.78 bits per heavy atom. The van der Waals surface area contributed by atoms with Gasteiger partial charge in [0.15, 0.2) is 0 Å². The van der Waals surface area contributed by atoms with Gasteiger partial charge in [0.1, 0.15) is 12.6 Å². The lowest BCUT2D eigenvalue weighted by molar-refractivity contribution is -0.132. The van der Waals surface area contributed by atoms with Gasteiger partial charge in [-0.05, 0) is 31.9 Å². The largest absolute Gasteiger partial charge is 0.352 e. The first-order valence-electron chi connectivity index (χ1n) is 7.98. The van der Waals surface area contributed by atoms with E-state index in [4.69, 9.17) is 0 Å². The maximum Gasteiger partial charge on any atom is 0.332 e. The molecule has 1 aliphatic heterocycles. The molecule has 4 amide bonds. The molecule has 1 fully saturated rings. The monoisotopic (exact) mass is 317 g/mol. The molecule has 1 heterocycles. The van der Waals surface area contributed by atoms with Gasteiger partial charge in [0.25, 0.3) is 5.91 Å². The number of amides is 4. The molecule has 1 N–H and O–H groups in total. The first kappa shape index (κ1) is 17.0. The molecule has 0 saturated carbocycles. The quantitative estimate of drug-likeness (QED) is 0.817. The van der Waals surface area contributed by atoms with E-state index in [9.17, 15) is 14.4 Å². The highest BCUT2D eigenvalue weighted by Crippen LogP contribution is 2.25. The van der Waals surface area contributed by atoms with Crippen LogP contribution in [0, 0.1) is 0 Å². The van der Waals surface area contributed by atoms with Gasteiger partial charge in [-0.25, -0.2) is 4.79 Å². The number of nitrogens with zero attached hydrogens (tertiary/aromatic N) is 2. The van der Waals surface area contributed by atoms with Crippen molar-refractivity contribution in [1.82, 2.24) is 10.2 Å². The maximum absolute atomic E-state index is 12.5. The van der Waals surface area contributed by atoms with Crippen molar-refractivity contribution in [2.75, 3.05) is 11.4 Å². The van der Waals surface area contributed by atoms with Crippen LogP contribution in [0.4, 0.5) is 10.5 Å². The van der Waals surface area contributed by atoms with Crippen molar-refractivity contribution in [2.45, 2.75) is 45.7 Å². The number of para-hydroxylation sites is 1. The normalized spacial score (nSPS) is 18.0. The van der Waals surface area contributed by atoms with E-state index in [0.717, 1.165) is 17.7 Å². The van der Waals surface area contributed by atoms with Crippen LogP contribution in [-0.2, 0) is 9.59 Å². The zero-order valence-electron chi connectivity index (χ0n) is 13.8. The molecule has 0 spiro atoms. The lowest BCUT2D eigenvalue weighted by atomic mass is 10.2. The summed E-state index contributed by atoms with van der Waals surface area (Å²) < 4.78 is 0. The van der Waals surface area contributed by atoms with Gasteiger partial charge in [-0.3, -0.25) is 19.4 Å². The third-order valence-corrected chi connectivity index (χ3v) is 4.13. The lowest BCUT2D eigenvalue weighted by Crippen LogP contribution is -2.44. The number of carbonyl (C=O) groups is 3. The summed E-state index contributed by atoms with van der Waals surface area (Å²) in [7, 11) is 0. The van der Waals surface area contributed by atoms with Crippen LogP contribution in [-0.4, -0.2) is 41.4 Å². The molecule has 0 aromatic heterocycles. The number of hydrogen-bond donors (Lipinski definition) is 1. The van der Waals surface area contributed by atoms with E-state index in [2.05, 4.69) is 5.32 Å². The third kappa shape index (κ3) is 3.52. The molecule has 23 heavy (non-hydrogen) atoms. The molecule has 1 aliphatic rings. The highest BCUT2D eigenvalue weighted by molar-refractivity contribution is 6.15. The Hall–Kier alpha value is -2.37. The second kappa shape index (κ2) is 7.26. The van der Waals surface area contributed by atoms with E-state index in [1.165, 1.54) is 4.90 Å². The Morgan fingerprint density at radius 3 is 2.35 bits per heavy atom. The number of hydrogen-bond acceptors (Lipinski definition) is 3. The van der Waals surface area contributed by atoms with Crippen LogP contribution in [0.1, 0.15) is 33.6 Å². The molecule has 1 aromatic rings. The summed E-state index contributed by atoms with van der Waals surface area (Å²) in [4.78, 5) is 39.4. The van der Waals surface area contributed by atoms with Crippen LogP contribution in [0.25, 0.3) is 0 Å². The number of benzene rings is 1. The number of anilines is 1. The average molecular weight is 317 g/mol. The lowest BCUT2D eigenvalue weighted by Gasteiger charge is -2.20. The molecule has 2 rings (SSSR count). The SMILES string of the molecule is CCC(CC)NC(=O)CN1C(=O)C(C)N(c2ccccc2)C1=O. The van der Waals surface area contributed by atoms with Crippen molar-refractivity contribution in [3.8, 4) is 0 Å². The van der Waals surface area contributed by atoms with Crippen molar-refractivity contribution in [2.24, 2.45) is 0 Å². The summed E-state index contributed by atoms with van der Waals surface area (Å²) in [5.41, 5.74) is 0.654. The summed E-state index contributed by atoms with van der Waals surface area (Å²) >= 11 is 0. The smallest absolute Gasteiger partial charge is 0.332 e. The molecule has 1 saturated heterocycles. The summed E-state index contributed by atoms with van der Waals surface area (Å²) in [6, 6.07) is 8.02.